The summed E-state index contributed by atoms with van der Waals surface area (Å²) < 4.78 is 10.8. The van der Waals surface area contributed by atoms with Gasteiger partial charge in [-0.2, -0.15) is 5.26 Å². The van der Waals surface area contributed by atoms with Crippen molar-refractivity contribution < 1.29 is 14.3 Å². The first-order chi connectivity index (χ1) is 19.1. The maximum atomic E-state index is 13.2. The standard InChI is InChI=1S/C32H25N2O3PS/c1-36-27-19-18-23(20-28(27)37-2)21-30-31(35)34-32(39-30)29(22-33)38(24-12-6-3-7-13-24,25-14-8-4-9-15-25)26-16-10-5-11-17-26/h3-21H,1-2H3/b30-21+. The first kappa shape index (κ1) is 26.3. The highest BCUT2D eigenvalue weighted by Gasteiger charge is 2.35. The van der Waals surface area contributed by atoms with Crippen LogP contribution in [-0.4, -0.2) is 30.5 Å². The number of hydrogen-bond acceptors (Lipinski definition) is 5. The van der Waals surface area contributed by atoms with E-state index in [1.54, 1.807) is 26.4 Å². The highest BCUT2D eigenvalue weighted by molar-refractivity contribution is 8.22. The van der Waals surface area contributed by atoms with Crippen LogP contribution in [0.3, 0.4) is 0 Å². The number of rotatable bonds is 7. The summed E-state index contributed by atoms with van der Waals surface area (Å²) in [4.78, 5) is 18.1. The molecule has 1 amide bonds. The highest BCUT2D eigenvalue weighted by atomic mass is 32.2. The van der Waals surface area contributed by atoms with Gasteiger partial charge < -0.3 is 9.47 Å². The molecule has 192 valence electrons. The van der Waals surface area contributed by atoms with Gasteiger partial charge >= 0.3 is 0 Å². The molecule has 1 aliphatic rings. The Hall–Kier alpha value is -4.30. The molecule has 0 unspecified atom stereocenters. The predicted octanol–water partition coefficient (Wildman–Crippen LogP) is 5.41. The quantitative estimate of drug-likeness (QED) is 0.228. The second-order valence-electron chi connectivity index (χ2n) is 8.59. The number of nitriles is 1. The number of carbonyl (C=O) groups excluding carboxylic acids is 1. The second-order valence-corrected chi connectivity index (χ2v) is 13.0. The summed E-state index contributed by atoms with van der Waals surface area (Å²) in [5.74, 6) is 0.796. The van der Waals surface area contributed by atoms with Gasteiger partial charge in [0.05, 0.1) is 24.4 Å². The number of methoxy groups -OCH3 is 2. The molecule has 39 heavy (non-hydrogen) atoms. The van der Waals surface area contributed by atoms with Crippen molar-refractivity contribution >= 4 is 56.9 Å². The molecule has 4 aromatic carbocycles. The molecule has 0 fully saturated rings. The topological polar surface area (TPSA) is 71.7 Å². The van der Waals surface area contributed by atoms with Gasteiger partial charge in [0.2, 0.25) is 0 Å². The van der Waals surface area contributed by atoms with Crippen molar-refractivity contribution in [3.05, 3.63) is 120 Å². The van der Waals surface area contributed by atoms with E-state index in [0.29, 0.717) is 26.7 Å². The molecular weight excluding hydrogens is 523 g/mol. The summed E-state index contributed by atoms with van der Waals surface area (Å²) in [6, 6.07) is 38.2. The Morgan fingerprint density at radius 1 is 0.795 bits per heavy atom. The molecule has 0 spiro atoms. The van der Waals surface area contributed by atoms with E-state index in [-0.39, 0.29) is 5.91 Å². The minimum atomic E-state index is -2.68. The lowest BCUT2D eigenvalue weighted by atomic mass is 10.2. The van der Waals surface area contributed by atoms with E-state index < -0.39 is 6.89 Å². The lowest BCUT2D eigenvalue weighted by molar-refractivity contribution is -0.113. The van der Waals surface area contributed by atoms with Gasteiger partial charge in [-0.05, 0) is 46.6 Å². The van der Waals surface area contributed by atoms with Crippen LogP contribution < -0.4 is 25.4 Å². The summed E-state index contributed by atoms with van der Waals surface area (Å²) >= 11 is 1.24. The summed E-state index contributed by atoms with van der Waals surface area (Å²) in [7, 11) is 3.15. The fraction of sp³-hybridized carbons (Fsp3) is 0.0625. The Kier molecular flexibility index (Phi) is 7.84. The van der Waals surface area contributed by atoms with Crippen LogP contribution in [0.15, 0.2) is 119 Å². The highest BCUT2D eigenvalue weighted by Crippen LogP contribution is 2.48. The molecule has 0 saturated carbocycles. The third-order valence-electron chi connectivity index (χ3n) is 6.40. The molecule has 1 heterocycles. The van der Waals surface area contributed by atoms with Crippen LogP contribution in [0.5, 0.6) is 11.5 Å². The number of ether oxygens (including phenoxy) is 2. The van der Waals surface area contributed by atoms with Gasteiger partial charge in [-0.15, -0.1) is 0 Å². The number of thioether (sulfide) groups is 1. The van der Waals surface area contributed by atoms with E-state index in [1.807, 2.05) is 66.7 Å². The molecule has 0 N–H and O–H groups in total. The summed E-state index contributed by atoms with van der Waals surface area (Å²) in [5, 5.41) is 14.8. The van der Waals surface area contributed by atoms with E-state index in [2.05, 4.69) is 47.5 Å². The van der Waals surface area contributed by atoms with Crippen LogP contribution in [0.1, 0.15) is 5.56 Å². The Bertz CT molecular complexity index is 1570. The average molecular weight is 549 g/mol. The van der Waals surface area contributed by atoms with Crippen molar-refractivity contribution in [2.24, 2.45) is 4.99 Å². The van der Waals surface area contributed by atoms with E-state index in [1.165, 1.54) is 11.8 Å². The molecule has 0 bridgehead atoms. The zero-order valence-corrected chi connectivity index (χ0v) is 23.2. The van der Waals surface area contributed by atoms with Crippen molar-refractivity contribution in [3.8, 4) is 17.6 Å². The van der Waals surface area contributed by atoms with Gasteiger partial charge in [-0.3, -0.25) is 4.79 Å². The van der Waals surface area contributed by atoms with Crippen molar-refractivity contribution in [1.82, 2.24) is 0 Å². The molecule has 5 rings (SSSR count). The minimum absolute atomic E-state index is 0.371. The largest absolute Gasteiger partial charge is 0.493 e. The number of nitrogens with zero attached hydrogens (tertiary/aromatic N) is 2. The minimum Gasteiger partial charge on any atom is -0.493 e. The molecule has 0 aliphatic carbocycles. The number of amides is 1. The van der Waals surface area contributed by atoms with Crippen LogP contribution in [0.2, 0.25) is 0 Å². The molecule has 4 aromatic rings. The van der Waals surface area contributed by atoms with Gasteiger partial charge in [0.15, 0.2) is 11.5 Å². The van der Waals surface area contributed by atoms with Gasteiger partial charge in [0.1, 0.15) is 11.1 Å². The van der Waals surface area contributed by atoms with E-state index >= 15 is 0 Å². The summed E-state index contributed by atoms with van der Waals surface area (Å²) in [6.45, 7) is -2.68. The number of carbonyl (C=O) groups is 1. The van der Waals surface area contributed by atoms with Crippen LogP contribution in [0, 0.1) is 11.3 Å². The molecule has 1 aliphatic heterocycles. The molecular formula is C32H25N2O3PS. The van der Waals surface area contributed by atoms with Crippen LogP contribution in [0.4, 0.5) is 0 Å². The summed E-state index contributed by atoms with van der Waals surface area (Å²) in [6.07, 6.45) is 1.77. The smallest absolute Gasteiger partial charge is 0.284 e. The van der Waals surface area contributed by atoms with E-state index in [4.69, 9.17) is 9.47 Å². The zero-order chi connectivity index (χ0) is 27.2. The Morgan fingerprint density at radius 2 is 1.31 bits per heavy atom. The lowest BCUT2D eigenvalue weighted by Crippen LogP contribution is -2.32. The Morgan fingerprint density at radius 3 is 1.77 bits per heavy atom. The van der Waals surface area contributed by atoms with Gasteiger partial charge in [-0.25, -0.2) is 4.99 Å². The van der Waals surface area contributed by atoms with E-state index in [0.717, 1.165) is 21.5 Å². The van der Waals surface area contributed by atoms with Crippen LogP contribution >= 0.6 is 18.6 Å². The fourth-order valence-corrected chi connectivity index (χ4v) is 10.0. The van der Waals surface area contributed by atoms with Gasteiger partial charge in [0.25, 0.3) is 5.91 Å². The fourth-order valence-electron chi connectivity index (χ4n) is 4.66. The Labute approximate surface area is 232 Å². The Balaban J connectivity index is 1.74. The molecule has 0 atom stereocenters. The van der Waals surface area contributed by atoms with Crippen molar-refractivity contribution in [2.45, 2.75) is 0 Å². The maximum Gasteiger partial charge on any atom is 0.284 e. The zero-order valence-electron chi connectivity index (χ0n) is 21.4. The SMILES string of the molecule is COc1ccc(/C=C2/SC(C(C#N)=P(c3ccccc3)(c3ccccc3)c3ccccc3)=NC2=O)cc1OC. The number of aliphatic imine (C=N–C) groups is 1. The third kappa shape index (κ3) is 4.95. The molecule has 0 radical (unpaired) electrons. The molecule has 5 nitrogen and oxygen atoms in total. The van der Waals surface area contributed by atoms with Crippen molar-refractivity contribution in [1.29, 1.82) is 5.26 Å². The normalized spacial score (nSPS) is 14.0. The van der Waals surface area contributed by atoms with Gasteiger partial charge in [-0.1, -0.05) is 109 Å². The lowest BCUT2D eigenvalue weighted by Gasteiger charge is -2.30. The maximum absolute atomic E-state index is 13.2. The second kappa shape index (κ2) is 11.6. The number of benzene rings is 4. The van der Waals surface area contributed by atoms with E-state index in [9.17, 15) is 10.1 Å². The van der Waals surface area contributed by atoms with Crippen molar-refractivity contribution in [2.75, 3.05) is 14.2 Å². The van der Waals surface area contributed by atoms with Gasteiger partial charge in [0, 0.05) is 0 Å². The number of hydrogen-bond donors (Lipinski definition) is 0. The molecule has 0 saturated heterocycles. The molecule has 7 heteroatoms. The average Bonchev–Trinajstić information content (AvgIpc) is 3.36. The monoisotopic (exact) mass is 548 g/mol. The molecule has 0 aromatic heterocycles. The van der Waals surface area contributed by atoms with Crippen LogP contribution in [0.25, 0.3) is 6.08 Å². The predicted molar refractivity (Wildman–Crippen MR) is 163 cm³/mol. The summed E-state index contributed by atoms with van der Waals surface area (Å²) in [5.41, 5.74) is 0.772. The first-order valence-corrected chi connectivity index (χ1v) is 14.8. The first-order valence-electron chi connectivity index (χ1n) is 12.2. The third-order valence-corrected chi connectivity index (χ3v) is 11.8. The van der Waals surface area contributed by atoms with Crippen LogP contribution in [-0.2, 0) is 4.79 Å². The van der Waals surface area contributed by atoms with Crippen molar-refractivity contribution in [3.63, 3.8) is 0 Å².